The van der Waals surface area contributed by atoms with Crippen molar-refractivity contribution in [1.82, 2.24) is 0 Å². The second-order valence-electron chi connectivity index (χ2n) is 9.64. The smallest absolute Gasteiger partial charge is 0.262 e. The topological polar surface area (TPSA) is 10.4 Å². The Bertz CT molecular complexity index is 1530. The SMILES string of the molecule is CC[n+]1c(C=CC=C(c2ccc(N(C)C)cc2)c2ccc(N(C)C)cc2)sc2c3ccccc3ccc21. The molecule has 3 nitrogen and oxygen atoms in total. The van der Waals surface area contributed by atoms with Crippen LogP contribution in [0.5, 0.6) is 0 Å². The molecule has 0 unspecified atom stereocenters. The predicted molar refractivity (Wildman–Crippen MR) is 163 cm³/mol. The highest BCUT2D eigenvalue weighted by molar-refractivity contribution is 7.19. The normalized spacial score (nSPS) is 11.4. The lowest BCUT2D eigenvalue weighted by Crippen LogP contribution is -2.33. The summed E-state index contributed by atoms with van der Waals surface area (Å²) in [5.74, 6) is 0. The molecule has 1 aromatic heterocycles. The average molecular weight is 505 g/mol. The van der Waals surface area contributed by atoms with Gasteiger partial charge in [-0.3, -0.25) is 0 Å². The Morgan fingerprint density at radius 1 is 0.757 bits per heavy atom. The Labute approximate surface area is 224 Å². The van der Waals surface area contributed by atoms with Crippen molar-refractivity contribution in [2.45, 2.75) is 13.5 Å². The number of benzene rings is 4. The molecule has 5 aromatic rings. The van der Waals surface area contributed by atoms with Crippen LogP contribution in [0.2, 0.25) is 0 Å². The fraction of sp³-hybridized carbons (Fsp3) is 0.182. The molecule has 4 aromatic carbocycles. The number of hydrogen-bond acceptors (Lipinski definition) is 3. The standard InChI is InChI=1S/C33H34N3S/c1-6-36-31-23-18-24-10-7-8-11-30(24)33(31)37-32(36)13-9-12-29(25-14-19-27(20-15-25)34(2)3)26-16-21-28(22-17-26)35(4)5/h7-23H,6H2,1-5H3/q+1. The summed E-state index contributed by atoms with van der Waals surface area (Å²) in [5.41, 5.74) is 7.32. The molecule has 0 aliphatic heterocycles. The first-order valence-electron chi connectivity index (χ1n) is 12.7. The van der Waals surface area contributed by atoms with E-state index in [0.29, 0.717) is 0 Å². The fourth-order valence-corrected chi connectivity index (χ4v) is 6.02. The van der Waals surface area contributed by atoms with Crippen molar-refractivity contribution in [3.63, 3.8) is 0 Å². The van der Waals surface area contributed by atoms with Gasteiger partial charge in [-0.25, -0.2) is 0 Å². The Morgan fingerprint density at radius 3 is 1.92 bits per heavy atom. The Kier molecular flexibility index (Phi) is 7.11. The van der Waals surface area contributed by atoms with Crippen LogP contribution in [0.3, 0.4) is 0 Å². The van der Waals surface area contributed by atoms with E-state index in [0.717, 1.165) is 6.54 Å². The maximum Gasteiger partial charge on any atom is 0.262 e. The van der Waals surface area contributed by atoms with E-state index in [9.17, 15) is 0 Å². The predicted octanol–water partition coefficient (Wildman–Crippen LogP) is 7.64. The van der Waals surface area contributed by atoms with Crippen LogP contribution >= 0.6 is 11.3 Å². The molecule has 0 spiro atoms. The first kappa shape index (κ1) is 24.8. The summed E-state index contributed by atoms with van der Waals surface area (Å²) in [6.07, 6.45) is 6.71. The number of aryl methyl sites for hydroxylation is 1. The first-order valence-corrected chi connectivity index (χ1v) is 13.6. The summed E-state index contributed by atoms with van der Waals surface area (Å²) in [7, 11) is 8.30. The van der Waals surface area contributed by atoms with Crippen molar-refractivity contribution >= 4 is 55.3 Å². The molecule has 0 saturated carbocycles. The summed E-state index contributed by atoms with van der Waals surface area (Å²) >= 11 is 1.87. The molecule has 186 valence electrons. The first-order chi connectivity index (χ1) is 18.0. The minimum atomic E-state index is 0.937. The number of anilines is 2. The molecule has 4 heteroatoms. The number of fused-ring (bicyclic) bond motifs is 3. The number of allylic oxidation sites excluding steroid dienone is 2. The van der Waals surface area contributed by atoms with E-state index < -0.39 is 0 Å². The van der Waals surface area contributed by atoms with Crippen LogP contribution in [-0.2, 0) is 6.54 Å². The molecular formula is C33H34N3S+. The van der Waals surface area contributed by atoms with Crippen LogP contribution in [0.1, 0.15) is 23.1 Å². The zero-order valence-electron chi connectivity index (χ0n) is 22.3. The highest BCUT2D eigenvalue weighted by Gasteiger charge is 2.18. The van der Waals surface area contributed by atoms with Crippen molar-refractivity contribution in [2.24, 2.45) is 0 Å². The lowest BCUT2D eigenvalue weighted by molar-refractivity contribution is -0.665. The van der Waals surface area contributed by atoms with E-state index in [4.69, 9.17) is 0 Å². The van der Waals surface area contributed by atoms with E-state index >= 15 is 0 Å². The third kappa shape index (κ3) is 5.03. The molecule has 0 aliphatic rings. The van der Waals surface area contributed by atoms with E-state index in [1.54, 1.807) is 0 Å². The molecule has 0 saturated heterocycles. The Morgan fingerprint density at radius 2 is 1.35 bits per heavy atom. The van der Waals surface area contributed by atoms with Gasteiger partial charge in [0, 0.05) is 57.1 Å². The van der Waals surface area contributed by atoms with Gasteiger partial charge in [-0.05, 0) is 59.3 Å². The molecule has 0 amide bonds. The monoisotopic (exact) mass is 504 g/mol. The third-order valence-corrected chi connectivity index (χ3v) is 8.03. The van der Waals surface area contributed by atoms with Gasteiger partial charge in [0.25, 0.3) is 5.01 Å². The second kappa shape index (κ2) is 10.6. The van der Waals surface area contributed by atoms with E-state index in [1.165, 1.54) is 54.1 Å². The lowest BCUT2D eigenvalue weighted by atomic mass is 9.96. The summed E-state index contributed by atoms with van der Waals surface area (Å²) in [6, 6.07) is 30.8. The number of aromatic nitrogens is 1. The largest absolute Gasteiger partial charge is 0.378 e. The average Bonchev–Trinajstić information content (AvgIpc) is 3.29. The van der Waals surface area contributed by atoms with Gasteiger partial charge in [-0.2, -0.15) is 4.57 Å². The Hall–Kier alpha value is -3.89. The molecule has 1 heterocycles. The van der Waals surface area contributed by atoms with Crippen molar-refractivity contribution in [3.8, 4) is 0 Å². The molecule has 0 N–H and O–H groups in total. The molecular weight excluding hydrogens is 470 g/mol. The zero-order valence-corrected chi connectivity index (χ0v) is 23.1. The van der Waals surface area contributed by atoms with Gasteiger partial charge in [-0.15, -0.1) is 0 Å². The van der Waals surface area contributed by atoms with E-state index in [-0.39, 0.29) is 0 Å². The van der Waals surface area contributed by atoms with Crippen molar-refractivity contribution in [3.05, 3.63) is 113 Å². The highest BCUT2D eigenvalue weighted by atomic mass is 32.1. The van der Waals surface area contributed by atoms with Gasteiger partial charge in [0.05, 0.1) is 0 Å². The molecule has 0 atom stereocenters. The molecule has 5 rings (SSSR count). The van der Waals surface area contributed by atoms with Crippen molar-refractivity contribution in [1.29, 1.82) is 0 Å². The third-order valence-electron chi connectivity index (χ3n) is 6.83. The fourth-order valence-electron chi connectivity index (χ4n) is 4.74. The molecule has 0 aliphatic carbocycles. The van der Waals surface area contributed by atoms with Crippen molar-refractivity contribution in [2.75, 3.05) is 38.0 Å². The van der Waals surface area contributed by atoms with Crippen LogP contribution < -0.4 is 14.4 Å². The molecule has 0 bridgehead atoms. The van der Waals surface area contributed by atoms with Crippen LogP contribution in [-0.4, -0.2) is 28.2 Å². The molecule has 0 fully saturated rings. The number of rotatable bonds is 7. The van der Waals surface area contributed by atoms with Gasteiger partial charge >= 0.3 is 0 Å². The maximum atomic E-state index is 2.41. The lowest BCUT2D eigenvalue weighted by Gasteiger charge is -2.15. The summed E-state index contributed by atoms with van der Waals surface area (Å²) in [6.45, 7) is 3.16. The van der Waals surface area contributed by atoms with Gasteiger partial charge in [0.15, 0.2) is 0 Å². The summed E-state index contributed by atoms with van der Waals surface area (Å²) < 4.78 is 3.76. The molecule has 0 radical (unpaired) electrons. The van der Waals surface area contributed by atoms with Crippen LogP contribution in [0, 0.1) is 0 Å². The molecule has 37 heavy (non-hydrogen) atoms. The quantitative estimate of drug-likeness (QED) is 0.167. The van der Waals surface area contributed by atoms with Gasteiger partial charge in [0.2, 0.25) is 5.52 Å². The minimum absolute atomic E-state index is 0.937. The van der Waals surface area contributed by atoms with Crippen LogP contribution in [0.15, 0.2) is 97.1 Å². The van der Waals surface area contributed by atoms with Gasteiger partial charge in [0.1, 0.15) is 11.2 Å². The Balaban J connectivity index is 1.57. The highest BCUT2D eigenvalue weighted by Crippen LogP contribution is 2.31. The maximum absolute atomic E-state index is 2.41. The number of hydrogen-bond donors (Lipinski definition) is 0. The van der Waals surface area contributed by atoms with Gasteiger partial charge < -0.3 is 9.80 Å². The van der Waals surface area contributed by atoms with Crippen LogP contribution in [0.4, 0.5) is 11.4 Å². The van der Waals surface area contributed by atoms with E-state index in [2.05, 4.69) is 153 Å². The van der Waals surface area contributed by atoms with E-state index in [1.807, 2.05) is 11.3 Å². The second-order valence-corrected chi connectivity index (χ2v) is 10.7. The number of thiazole rings is 1. The summed E-state index contributed by atoms with van der Waals surface area (Å²) in [4.78, 5) is 4.27. The number of nitrogens with zero attached hydrogens (tertiary/aromatic N) is 3. The zero-order chi connectivity index (χ0) is 25.9. The van der Waals surface area contributed by atoms with Gasteiger partial charge in [-0.1, -0.05) is 72.0 Å². The van der Waals surface area contributed by atoms with Crippen LogP contribution in [0.25, 0.3) is 32.6 Å². The summed E-state index contributed by atoms with van der Waals surface area (Å²) in [5, 5.41) is 3.87. The minimum Gasteiger partial charge on any atom is -0.378 e. The van der Waals surface area contributed by atoms with Crippen molar-refractivity contribution < 1.29 is 4.57 Å².